The first-order valence-electron chi connectivity index (χ1n) is 13.9. The van der Waals surface area contributed by atoms with Gasteiger partial charge in [-0.15, -0.1) is 0 Å². The van der Waals surface area contributed by atoms with E-state index in [1.165, 1.54) is 101 Å². The van der Waals surface area contributed by atoms with E-state index in [4.69, 9.17) is 22.3 Å². The van der Waals surface area contributed by atoms with Gasteiger partial charge >= 0.3 is 40.0 Å². The van der Waals surface area contributed by atoms with E-state index in [1.807, 2.05) is 0 Å². The van der Waals surface area contributed by atoms with Crippen molar-refractivity contribution >= 4 is 40.0 Å². The molecule has 37 heavy (non-hydrogen) atoms. The number of ether oxygens (including phenoxy) is 1. The van der Waals surface area contributed by atoms with Crippen LogP contribution < -0.4 is 4.74 Å². The summed E-state index contributed by atoms with van der Waals surface area (Å²) >= 11 is 0. The fourth-order valence-corrected chi connectivity index (χ4v) is 4.28. The van der Waals surface area contributed by atoms with Crippen molar-refractivity contribution in [1.29, 1.82) is 0 Å². The Morgan fingerprint density at radius 1 is 0.568 bits per heavy atom. The van der Waals surface area contributed by atoms with Crippen molar-refractivity contribution in [3.63, 3.8) is 0 Å². The molecule has 206 valence electrons. The topological polar surface area (TPSA) is 83.8 Å². The predicted molar refractivity (Wildman–Crippen MR) is 158 cm³/mol. The molecule has 0 saturated heterocycles. The maximum atomic E-state index is 8.74. The van der Waals surface area contributed by atoms with Crippen LogP contribution in [0.2, 0.25) is 0 Å². The number of benzene rings is 2. The van der Waals surface area contributed by atoms with E-state index in [0.717, 1.165) is 24.3 Å². The zero-order valence-electron chi connectivity index (χ0n) is 22.5. The second-order valence-corrected chi connectivity index (χ2v) is 10.4. The minimum absolute atomic E-state index is 0. The first kappa shape index (κ1) is 36.1. The molecule has 0 unspecified atom stereocenters. The minimum atomic E-state index is -4.67. The van der Waals surface area contributed by atoms with Gasteiger partial charge in [0.2, 0.25) is 0 Å². The van der Waals surface area contributed by atoms with Gasteiger partial charge < -0.3 is 4.74 Å². The van der Waals surface area contributed by atoms with Gasteiger partial charge in [-0.3, -0.25) is 9.11 Å². The van der Waals surface area contributed by atoms with E-state index in [9.17, 15) is 0 Å². The molecule has 2 rings (SSSR count). The summed E-state index contributed by atoms with van der Waals surface area (Å²) in [5.41, 5.74) is 2.70. The van der Waals surface area contributed by atoms with Crippen LogP contribution in [-0.2, 0) is 23.2 Å². The second kappa shape index (κ2) is 23.0. The summed E-state index contributed by atoms with van der Waals surface area (Å²) < 4.78 is 38.0. The first-order valence-corrected chi connectivity index (χ1v) is 15.3. The second-order valence-electron chi connectivity index (χ2n) is 9.51. The number of hydrogen-bond donors (Lipinski definition) is 2. The predicted octanol–water partition coefficient (Wildman–Crippen LogP) is 8.76. The SMILES string of the molecule is CCCCCCCCCc1ccccc1Oc1ccccc1CCCCCCCCC.O=S(=O)(O)O.[NaH]. The standard InChI is InChI=1S/C30H46O.Na.H2O4S.H/c1-3-5-7-9-11-13-15-21-27-23-17-19-25-29(27)31-30-26-20-18-24-28(30)22-16-14-12-10-8-6-4-2;;1-5(2,3)4;/h17-20,23-26H,3-16,21-22H2,1-2H3;;(H2,1,2,3,4);. The monoisotopic (exact) mass is 544 g/mol. The van der Waals surface area contributed by atoms with Crippen LogP contribution in [0.5, 0.6) is 11.5 Å². The Morgan fingerprint density at radius 3 is 1.22 bits per heavy atom. The van der Waals surface area contributed by atoms with E-state index in [0.29, 0.717) is 0 Å². The van der Waals surface area contributed by atoms with Crippen LogP contribution in [0.15, 0.2) is 48.5 Å². The molecule has 0 aromatic heterocycles. The summed E-state index contributed by atoms with van der Waals surface area (Å²) in [6.45, 7) is 4.56. The van der Waals surface area contributed by atoms with Gasteiger partial charge in [0.15, 0.2) is 0 Å². The van der Waals surface area contributed by atoms with Crippen LogP contribution in [0.4, 0.5) is 0 Å². The van der Waals surface area contributed by atoms with Crippen LogP contribution >= 0.6 is 0 Å². The molecule has 0 atom stereocenters. The Balaban J connectivity index is 0.00000196. The number of aryl methyl sites for hydroxylation is 2. The van der Waals surface area contributed by atoms with E-state index in [-0.39, 0.29) is 29.6 Å². The fraction of sp³-hybridized carbons (Fsp3) is 0.600. The molecule has 5 nitrogen and oxygen atoms in total. The molecule has 0 radical (unpaired) electrons. The van der Waals surface area contributed by atoms with Gasteiger partial charge in [0.05, 0.1) is 0 Å². The third-order valence-corrected chi connectivity index (χ3v) is 6.26. The van der Waals surface area contributed by atoms with Crippen molar-refractivity contribution < 1.29 is 22.3 Å². The van der Waals surface area contributed by atoms with Crippen LogP contribution in [0.1, 0.15) is 115 Å². The van der Waals surface area contributed by atoms with E-state index >= 15 is 0 Å². The van der Waals surface area contributed by atoms with Crippen molar-refractivity contribution in [2.75, 3.05) is 0 Å². The Hall–Kier alpha value is -0.890. The van der Waals surface area contributed by atoms with Gasteiger partial charge in [-0.2, -0.15) is 8.42 Å². The third-order valence-electron chi connectivity index (χ3n) is 6.26. The van der Waals surface area contributed by atoms with Gasteiger partial charge in [-0.05, 0) is 48.9 Å². The van der Waals surface area contributed by atoms with Crippen molar-refractivity contribution in [2.45, 2.75) is 117 Å². The first-order chi connectivity index (χ1) is 17.3. The average Bonchev–Trinajstić information content (AvgIpc) is 2.84. The van der Waals surface area contributed by atoms with Crippen LogP contribution in [0, 0.1) is 0 Å². The van der Waals surface area contributed by atoms with Gasteiger partial charge in [-0.1, -0.05) is 127 Å². The Bertz CT molecular complexity index is 850. The van der Waals surface area contributed by atoms with Crippen LogP contribution in [-0.4, -0.2) is 47.1 Å². The molecule has 0 aliphatic rings. The van der Waals surface area contributed by atoms with Gasteiger partial charge in [0.1, 0.15) is 11.5 Å². The Labute approximate surface area is 248 Å². The van der Waals surface area contributed by atoms with Crippen LogP contribution in [0.3, 0.4) is 0 Å². The van der Waals surface area contributed by atoms with E-state index in [2.05, 4.69) is 62.4 Å². The number of unbranched alkanes of at least 4 members (excludes halogenated alkanes) is 12. The summed E-state index contributed by atoms with van der Waals surface area (Å²) in [4.78, 5) is 0. The molecule has 0 saturated carbocycles. The molecule has 0 aliphatic carbocycles. The zero-order valence-corrected chi connectivity index (χ0v) is 23.3. The molecular formula is C30H49NaO5S. The molecule has 0 bridgehead atoms. The van der Waals surface area contributed by atoms with Crippen molar-refractivity contribution in [3.8, 4) is 11.5 Å². The summed E-state index contributed by atoms with van der Waals surface area (Å²) in [6, 6.07) is 17.3. The van der Waals surface area contributed by atoms with Crippen molar-refractivity contribution in [2.24, 2.45) is 0 Å². The Kier molecular flexibility index (Phi) is 22.5. The molecule has 2 N–H and O–H groups in total. The normalized spacial score (nSPS) is 10.8. The summed E-state index contributed by atoms with van der Waals surface area (Å²) in [7, 11) is -4.67. The number of hydrogen-bond acceptors (Lipinski definition) is 3. The van der Waals surface area contributed by atoms with Crippen molar-refractivity contribution in [3.05, 3.63) is 59.7 Å². The third kappa shape index (κ3) is 20.7. The molecule has 0 spiro atoms. The molecule has 0 amide bonds. The number of rotatable bonds is 18. The molecule has 2 aromatic rings. The molecular weight excluding hydrogens is 495 g/mol. The molecule has 2 aromatic carbocycles. The number of para-hydroxylation sites is 2. The van der Waals surface area contributed by atoms with E-state index < -0.39 is 10.4 Å². The summed E-state index contributed by atoms with van der Waals surface area (Å²) in [5.74, 6) is 2.08. The molecule has 0 fully saturated rings. The Morgan fingerprint density at radius 2 is 0.865 bits per heavy atom. The quantitative estimate of drug-likeness (QED) is 0.111. The molecule has 0 heterocycles. The van der Waals surface area contributed by atoms with Gasteiger partial charge in [0.25, 0.3) is 0 Å². The van der Waals surface area contributed by atoms with Crippen LogP contribution in [0.25, 0.3) is 0 Å². The average molecular weight is 545 g/mol. The fourth-order valence-electron chi connectivity index (χ4n) is 4.28. The van der Waals surface area contributed by atoms with E-state index in [1.54, 1.807) is 0 Å². The zero-order chi connectivity index (χ0) is 26.5. The van der Waals surface area contributed by atoms with Crippen molar-refractivity contribution in [1.82, 2.24) is 0 Å². The summed E-state index contributed by atoms with van der Waals surface area (Å²) in [6.07, 6.45) is 21.1. The van der Waals surface area contributed by atoms with Gasteiger partial charge in [-0.25, -0.2) is 0 Å². The maximum absolute atomic E-state index is 8.74. The van der Waals surface area contributed by atoms with Gasteiger partial charge in [0, 0.05) is 0 Å². The summed E-state index contributed by atoms with van der Waals surface area (Å²) in [5, 5.41) is 0. The molecule has 7 heteroatoms. The molecule has 0 aliphatic heterocycles.